The van der Waals surface area contributed by atoms with Crippen LogP contribution >= 0.6 is 0 Å². The third-order valence-electron chi connectivity index (χ3n) is 4.27. The third-order valence-corrected chi connectivity index (χ3v) is 4.27. The summed E-state index contributed by atoms with van der Waals surface area (Å²) in [5, 5.41) is 11.1. The molecule has 1 aromatic heterocycles. The fraction of sp³-hybridized carbons (Fsp3) is 0.750. The fourth-order valence-corrected chi connectivity index (χ4v) is 2.95. The number of nitrogens with one attached hydrogen (secondary N) is 2. The summed E-state index contributed by atoms with van der Waals surface area (Å²) in [4.78, 5) is 6.90. The second kappa shape index (κ2) is 9.46. The maximum Gasteiger partial charge on any atom is 0.191 e. The molecule has 22 heavy (non-hydrogen) atoms. The van der Waals surface area contributed by atoms with Gasteiger partial charge in [-0.2, -0.15) is 5.10 Å². The van der Waals surface area contributed by atoms with E-state index in [1.807, 2.05) is 30.2 Å². The number of rotatable bonds is 8. The van der Waals surface area contributed by atoms with Gasteiger partial charge in [0.1, 0.15) is 0 Å². The van der Waals surface area contributed by atoms with Gasteiger partial charge >= 0.3 is 0 Å². The van der Waals surface area contributed by atoms with Crippen molar-refractivity contribution in [1.82, 2.24) is 25.3 Å². The van der Waals surface area contributed by atoms with Gasteiger partial charge in [-0.15, -0.1) is 0 Å². The van der Waals surface area contributed by atoms with Crippen LogP contribution in [0.15, 0.2) is 23.5 Å². The highest BCUT2D eigenvalue weighted by atomic mass is 15.3. The van der Waals surface area contributed by atoms with Crippen LogP contribution in [0.5, 0.6) is 0 Å². The van der Waals surface area contributed by atoms with Crippen molar-refractivity contribution >= 4 is 5.96 Å². The Labute approximate surface area is 134 Å². The van der Waals surface area contributed by atoms with Crippen molar-refractivity contribution in [3.63, 3.8) is 0 Å². The average molecular weight is 306 g/mol. The van der Waals surface area contributed by atoms with E-state index in [2.05, 4.69) is 32.5 Å². The molecule has 6 nitrogen and oxygen atoms in total. The number of aryl methyl sites for hydroxylation is 1. The molecule has 1 fully saturated rings. The van der Waals surface area contributed by atoms with Crippen LogP contribution in [0.4, 0.5) is 0 Å². The van der Waals surface area contributed by atoms with Crippen molar-refractivity contribution in [2.75, 3.05) is 33.2 Å². The molecular formula is C16H30N6. The zero-order valence-electron chi connectivity index (χ0n) is 14.0. The van der Waals surface area contributed by atoms with Crippen LogP contribution < -0.4 is 10.6 Å². The SMILES string of the molecule is CCC(CNC(=NC)NCCCn1cccn1)N1CCCC1. The summed E-state index contributed by atoms with van der Waals surface area (Å²) in [6, 6.07) is 2.57. The standard InChI is InChI=1S/C16H30N6/c1-3-15(21-10-4-5-11-21)14-19-16(17-2)18-8-6-12-22-13-7-9-20-22/h7,9,13,15H,3-6,8,10-12,14H2,1-2H3,(H2,17,18,19). The summed E-state index contributed by atoms with van der Waals surface area (Å²) < 4.78 is 1.96. The van der Waals surface area contributed by atoms with Gasteiger partial charge in [-0.25, -0.2) is 0 Å². The maximum absolute atomic E-state index is 4.31. The Bertz CT molecular complexity index is 422. The summed E-state index contributed by atoms with van der Waals surface area (Å²) in [5.41, 5.74) is 0. The summed E-state index contributed by atoms with van der Waals surface area (Å²) in [5.74, 6) is 0.901. The quantitative estimate of drug-likeness (QED) is 0.432. The topological polar surface area (TPSA) is 57.5 Å². The molecule has 0 amide bonds. The highest BCUT2D eigenvalue weighted by Crippen LogP contribution is 2.13. The fourth-order valence-electron chi connectivity index (χ4n) is 2.95. The lowest BCUT2D eigenvalue weighted by Crippen LogP contribution is -2.46. The minimum Gasteiger partial charge on any atom is -0.356 e. The Morgan fingerprint density at radius 3 is 2.77 bits per heavy atom. The van der Waals surface area contributed by atoms with Gasteiger partial charge in [-0.3, -0.25) is 14.6 Å². The van der Waals surface area contributed by atoms with Gasteiger partial charge < -0.3 is 10.6 Å². The third kappa shape index (κ3) is 5.33. The van der Waals surface area contributed by atoms with Crippen molar-refractivity contribution < 1.29 is 0 Å². The molecule has 0 aliphatic carbocycles. The number of hydrogen-bond acceptors (Lipinski definition) is 3. The number of likely N-dealkylation sites (tertiary alicyclic amines) is 1. The number of guanidine groups is 1. The number of hydrogen-bond donors (Lipinski definition) is 2. The van der Waals surface area contributed by atoms with E-state index < -0.39 is 0 Å². The lowest BCUT2D eigenvalue weighted by atomic mass is 10.2. The minimum atomic E-state index is 0.616. The van der Waals surface area contributed by atoms with Gasteiger partial charge in [-0.05, 0) is 44.8 Å². The monoisotopic (exact) mass is 306 g/mol. The molecule has 2 N–H and O–H groups in total. The van der Waals surface area contributed by atoms with Crippen molar-refractivity contribution in [2.45, 2.75) is 45.2 Å². The molecule has 124 valence electrons. The summed E-state index contributed by atoms with van der Waals surface area (Å²) in [6.07, 6.45) is 8.72. The minimum absolute atomic E-state index is 0.616. The molecule has 1 aliphatic heterocycles. The smallest absolute Gasteiger partial charge is 0.191 e. The Kier molecular flexibility index (Phi) is 7.22. The van der Waals surface area contributed by atoms with Crippen LogP contribution in [0, 0.1) is 0 Å². The second-order valence-electron chi connectivity index (χ2n) is 5.81. The maximum atomic E-state index is 4.31. The Morgan fingerprint density at radius 2 is 2.14 bits per heavy atom. The molecular weight excluding hydrogens is 276 g/mol. The first kappa shape index (κ1) is 16.8. The average Bonchev–Trinajstić information content (AvgIpc) is 3.23. The van der Waals surface area contributed by atoms with Gasteiger partial charge in [0.2, 0.25) is 0 Å². The first-order valence-electron chi connectivity index (χ1n) is 8.49. The number of nitrogens with zero attached hydrogens (tertiary/aromatic N) is 4. The van der Waals surface area contributed by atoms with Crippen LogP contribution in [-0.4, -0.2) is 59.9 Å². The molecule has 2 heterocycles. The van der Waals surface area contributed by atoms with Gasteiger partial charge in [-0.1, -0.05) is 6.92 Å². The van der Waals surface area contributed by atoms with Crippen LogP contribution in [-0.2, 0) is 6.54 Å². The van der Waals surface area contributed by atoms with E-state index in [0.717, 1.165) is 32.0 Å². The van der Waals surface area contributed by atoms with Gasteiger partial charge in [0.25, 0.3) is 0 Å². The molecule has 1 aliphatic rings. The van der Waals surface area contributed by atoms with E-state index in [1.165, 1.54) is 32.4 Å². The van der Waals surface area contributed by atoms with Gasteiger partial charge in [0.15, 0.2) is 5.96 Å². The largest absolute Gasteiger partial charge is 0.356 e. The van der Waals surface area contributed by atoms with Gasteiger partial charge in [0, 0.05) is 45.1 Å². The second-order valence-corrected chi connectivity index (χ2v) is 5.81. The van der Waals surface area contributed by atoms with Crippen molar-refractivity contribution in [3.8, 4) is 0 Å². The molecule has 0 bridgehead atoms. The highest BCUT2D eigenvalue weighted by Gasteiger charge is 2.20. The number of aromatic nitrogens is 2. The van der Waals surface area contributed by atoms with Crippen LogP contribution in [0.25, 0.3) is 0 Å². The number of aliphatic imine (C=N–C) groups is 1. The van der Waals surface area contributed by atoms with E-state index >= 15 is 0 Å². The summed E-state index contributed by atoms with van der Waals surface area (Å²) >= 11 is 0. The zero-order chi connectivity index (χ0) is 15.6. The van der Waals surface area contributed by atoms with E-state index in [9.17, 15) is 0 Å². The first-order valence-corrected chi connectivity index (χ1v) is 8.49. The molecule has 0 spiro atoms. The lowest BCUT2D eigenvalue weighted by molar-refractivity contribution is 0.236. The van der Waals surface area contributed by atoms with Crippen LogP contribution in [0.2, 0.25) is 0 Å². The zero-order valence-corrected chi connectivity index (χ0v) is 14.0. The van der Waals surface area contributed by atoms with Gasteiger partial charge in [0.05, 0.1) is 0 Å². The molecule has 6 heteroatoms. The molecule has 1 saturated heterocycles. The normalized spacial score (nSPS) is 17.6. The molecule has 0 aromatic carbocycles. The van der Waals surface area contributed by atoms with E-state index in [-0.39, 0.29) is 0 Å². The lowest BCUT2D eigenvalue weighted by Gasteiger charge is -2.27. The highest BCUT2D eigenvalue weighted by molar-refractivity contribution is 5.79. The first-order chi connectivity index (χ1) is 10.8. The summed E-state index contributed by atoms with van der Waals surface area (Å²) in [7, 11) is 1.83. The van der Waals surface area contributed by atoms with Crippen LogP contribution in [0.3, 0.4) is 0 Å². The predicted octanol–water partition coefficient (Wildman–Crippen LogP) is 1.31. The van der Waals surface area contributed by atoms with E-state index in [0.29, 0.717) is 6.04 Å². The van der Waals surface area contributed by atoms with Crippen LogP contribution in [0.1, 0.15) is 32.6 Å². The van der Waals surface area contributed by atoms with E-state index in [4.69, 9.17) is 0 Å². The Morgan fingerprint density at radius 1 is 1.32 bits per heavy atom. The van der Waals surface area contributed by atoms with Crippen molar-refractivity contribution in [3.05, 3.63) is 18.5 Å². The Hall–Kier alpha value is -1.56. The predicted molar refractivity (Wildman–Crippen MR) is 91.1 cm³/mol. The molecule has 1 aromatic rings. The molecule has 0 saturated carbocycles. The van der Waals surface area contributed by atoms with Crippen molar-refractivity contribution in [2.24, 2.45) is 4.99 Å². The molecule has 2 rings (SSSR count). The molecule has 0 radical (unpaired) electrons. The van der Waals surface area contributed by atoms with E-state index in [1.54, 1.807) is 0 Å². The summed E-state index contributed by atoms with van der Waals surface area (Å²) in [6.45, 7) is 7.56. The Balaban J connectivity index is 1.63. The molecule has 1 unspecified atom stereocenters. The van der Waals surface area contributed by atoms with Crippen molar-refractivity contribution in [1.29, 1.82) is 0 Å². The molecule has 1 atom stereocenters.